The Morgan fingerprint density at radius 2 is 2.05 bits per heavy atom. The molecule has 6 heteroatoms. The number of nitrogen functional groups attached to an aromatic ring is 1. The van der Waals surface area contributed by atoms with Crippen LogP contribution in [-0.4, -0.2) is 10.1 Å². The van der Waals surface area contributed by atoms with Crippen LogP contribution in [0.3, 0.4) is 0 Å². The first-order valence-electron chi connectivity index (χ1n) is 5.65. The van der Waals surface area contributed by atoms with Crippen LogP contribution in [0, 0.1) is 0 Å². The Morgan fingerprint density at radius 1 is 1.21 bits per heavy atom. The fourth-order valence-electron chi connectivity index (χ4n) is 1.53. The minimum Gasteiger partial charge on any atom is -0.484 e. The molecule has 2 aromatic heterocycles. The Hall–Kier alpha value is -2.34. The molecule has 0 radical (unpaired) electrons. The van der Waals surface area contributed by atoms with Gasteiger partial charge in [0.2, 0.25) is 5.82 Å². The van der Waals surface area contributed by atoms with E-state index < -0.39 is 0 Å². The van der Waals surface area contributed by atoms with Crippen LogP contribution in [0.2, 0.25) is 0 Å². The zero-order valence-corrected chi connectivity index (χ0v) is 10.8. The van der Waals surface area contributed by atoms with Gasteiger partial charge in [-0.2, -0.15) is 16.3 Å². The van der Waals surface area contributed by atoms with Crippen molar-refractivity contribution in [3.63, 3.8) is 0 Å². The van der Waals surface area contributed by atoms with Gasteiger partial charge in [-0.25, -0.2) is 0 Å². The Kier molecular flexibility index (Phi) is 3.16. The lowest BCUT2D eigenvalue weighted by molar-refractivity contribution is 0.243. The maximum Gasteiger partial charge on any atom is 0.264 e. The number of rotatable bonds is 4. The molecule has 0 unspecified atom stereocenters. The van der Waals surface area contributed by atoms with Crippen LogP contribution in [-0.2, 0) is 6.61 Å². The highest BCUT2D eigenvalue weighted by molar-refractivity contribution is 7.08. The Bertz CT molecular complexity index is 647. The van der Waals surface area contributed by atoms with E-state index >= 15 is 0 Å². The van der Waals surface area contributed by atoms with Gasteiger partial charge in [0.05, 0.1) is 0 Å². The standard InChI is InChI=1S/C13H11N3O2S/c14-10-1-3-11(4-2-10)17-7-12-15-13(16-18-12)9-5-6-19-8-9/h1-6,8H,7,14H2. The number of benzene rings is 1. The molecule has 0 saturated carbocycles. The predicted molar refractivity (Wildman–Crippen MR) is 72.8 cm³/mol. The van der Waals surface area contributed by atoms with Gasteiger partial charge in [0, 0.05) is 16.6 Å². The zero-order valence-electron chi connectivity index (χ0n) is 9.95. The van der Waals surface area contributed by atoms with Gasteiger partial charge < -0.3 is 15.0 Å². The van der Waals surface area contributed by atoms with Crippen LogP contribution in [0.4, 0.5) is 5.69 Å². The molecule has 19 heavy (non-hydrogen) atoms. The number of hydrogen-bond donors (Lipinski definition) is 1. The fraction of sp³-hybridized carbons (Fsp3) is 0.0769. The first-order chi connectivity index (χ1) is 9.31. The maximum atomic E-state index is 5.60. The largest absolute Gasteiger partial charge is 0.484 e. The second kappa shape index (κ2) is 5.11. The summed E-state index contributed by atoms with van der Waals surface area (Å²) in [5.74, 6) is 1.74. The van der Waals surface area contributed by atoms with E-state index in [0.29, 0.717) is 23.2 Å². The van der Waals surface area contributed by atoms with Crippen molar-refractivity contribution < 1.29 is 9.26 Å². The molecule has 0 aliphatic carbocycles. The lowest BCUT2D eigenvalue weighted by atomic mass is 10.3. The van der Waals surface area contributed by atoms with E-state index in [4.69, 9.17) is 15.0 Å². The average molecular weight is 273 g/mol. The summed E-state index contributed by atoms with van der Waals surface area (Å²) in [5.41, 5.74) is 7.25. The van der Waals surface area contributed by atoms with Crippen molar-refractivity contribution >= 4 is 17.0 Å². The quantitative estimate of drug-likeness (QED) is 0.740. The summed E-state index contributed by atoms with van der Waals surface area (Å²) < 4.78 is 10.7. The third-order valence-electron chi connectivity index (χ3n) is 2.49. The highest BCUT2D eigenvalue weighted by atomic mass is 32.1. The number of thiophene rings is 1. The highest BCUT2D eigenvalue weighted by Crippen LogP contribution is 2.19. The number of hydrogen-bond acceptors (Lipinski definition) is 6. The predicted octanol–water partition coefficient (Wildman–Crippen LogP) is 2.96. The smallest absolute Gasteiger partial charge is 0.264 e. The molecule has 5 nitrogen and oxygen atoms in total. The van der Waals surface area contributed by atoms with Gasteiger partial charge in [0.1, 0.15) is 5.75 Å². The van der Waals surface area contributed by atoms with Crippen LogP contribution in [0.1, 0.15) is 5.89 Å². The van der Waals surface area contributed by atoms with Gasteiger partial charge in [0.25, 0.3) is 5.89 Å². The number of nitrogens with two attached hydrogens (primary N) is 1. The van der Waals surface area contributed by atoms with E-state index in [2.05, 4.69) is 10.1 Å². The van der Waals surface area contributed by atoms with Gasteiger partial charge in [-0.3, -0.25) is 0 Å². The molecule has 0 aliphatic rings. The molecule has 0 atom stereocenters. The van der Waals surface area contributed by atoms with Crippen molar-refractivity contribution in [2.75, 3.05) is 5.73 Å². The van der Waals surface area contributed by atoms with Crippen molar-refractivity contribution in [3.8, 4) is 17.1 Å². The van der Waals surface area contributed by atoms with Crippen molar-refractivity contribution in [3.05, 3.63) is 47.0 Å². The molecule has 1 aromatic carbocycles. The monoisotopic (exact) mass is 273 g/mol. The molecular formula is C13H11N3O2S. The summed E-state index contributed by atoms with van der Waals surface area (Å²) in [6.45, 7) is 0.237. The van der Waals surface area contributed by atoms with Gasteiger partial charge in [-0.1, -0.05) is 5.16 Å². The van der Waals surface area contributed by atoms with Crippen LogP contribution >= 0.6 is 11.3 Å². The Balaban J connectivity index is 1.66. The van der Waals surface area contributed by atoms with Gasteiger partial charge in [-0.15, -0.1) is 0 Å². The molecule has 2 N–H and O–H groups in total. The minimum atomic E-state index is 0.237. The average Bonchev–Trinajstić information content (AvgIpc) is 3.09. The molecule has 0 aliphatic heterocycles. The number of nitrogens with zero attached hydrogens (tertiary/aromatic N) is 2. The fourth-order valence-corrected chi connectivity index (χ4v) is 2.17. The molecule has 0 fully saturated rings. The maximum absolute atomic E-state index is 5.60. The first kappa shape index (κ1) is 11.7. The Morgan fingerprint density at radius 3 is 2.79 bits per heavy atom. The minimum absolute atomic E-state index is 0.237. The van der Waals surface area contributed by atoms with Crippen molar-refractivity contribution in [2.24, 2.45) is 0 Å². The molecule has 3 aromatic rings. The lowest BCUT2D eigenvalue weighted by Crippen LogP contribution is -1.95. The second-order valence-electron chi connectivity index (χ2n) is 3.88. The van der Waals surface area contributed by atoms with E-state index in [0.717, 1.165) is 5.56 Å². The van der Waals surface area contributed by atoms with E-state index in [9.17, 15) is 0 Å². The molecular weight excluding hydrogens is 262 g/mol. The SMILES string of the molecule is Nc1ccc(OCc2nc(-c3ccsc3)no2)cc1. The van der Waals surface area contributed by atoms with E-state index in [1.54, 1.807) is 35.6 Å². The summed E-state index contributed by atoms with van der Waals surface area (Å²) in [4.78, 5) is 4.26. The van der Waals surface area contributed by atoms with Gasteiger partial charge in [0.15, 0.2) is 6.61 Å². The number of ether oxygens (including phenoxy) is 1. The summed E-state index contributed by atoms with van der Waals surface area (Å²) >= 11 is 1.59. The van der Waals surface area contributed by atoms with Gasteiger partial charge in [-0.05, 0) is 35.7 Å². The van der Waals surface area contributed by atoms with E-state index in [-0.39, 0.29) is 6.61 Å². The topological polar surface area (TPSA) is 74.2 Å². The van der Waals surface area contributed by atoms with Crippen LogP contribution in [0.5, 0.6) is 5.75 Å². The van der Waals surface area contributed by atoms with Crippen LogP contribution in [0.25, 0.3) is 11.4 Å². The van der Waals surface area contributed by atoms with Gasteiger partial charge >= 0.3 is 0 Å². The first-order valence-corrected chi connectivity index (χ1v) is 6.59. The molecule has 0 spiro atoms. The molecule has 96 valence electrons. The van der Waals surface area contributed by atoms with E-state index in [1.165, 1.54) is 0 Å². The Labute approximate surface area is 113 Å². The molecule has 2 heterocycles. The molecule has 3 rings (SSSR count). The third-order valence-corrected chi connectivity index (χ3v) is 3.17. The molecule has 0 bridgehead atoms. The molecule has 0 amide bonds. The number of aromatic nitrogens is 2. The normalized spacial score (nSPS) is 10.5. The van der Waals surface area contributed by atoms with Crippen LogP contribution < -0.4 is 10.5 Å². The highest BCUT2D eigenvalue weighted by Gasteiger charge is 2.09. The van der Waals surface area contributed by atoms with Crippen molar-refractivity contribution in [2.45, 2.75) is 6.61 Å². The van der Waals surface area contributed by atoms with Crippen molar-refractivity contribution in [1.29, 1.82) is 0 Å². The van der Waals surface area contributed by atoms with Crippen LogP contribution in [0.15, 0.2) is 45.6 Å². The lowest BCUT2D eigenvalue weighted by Gasteiger charge is -2.02. The summed E-state index contributed by atoms with van der Waals surface area (Å²) in [6.07, 6.45) is 0. The van der Waals surface area contributed by atoms with Crippen molar-refractivity contribution in [1.82, 2.24) is 10.1 Å². The zero-order chi connectivity index (χ0) is 13.1. The summed E-state index contributed by atoms with van der Waals surface area (Å²) in [6, 6.07) is 9.09. The third kappa shape index (κ3) is 2.74. The van der Waals surface area contributed by atoms with E-state index in [1.807, 2.05) is 16.8 Å². The summed E-state index contributed by atoms with van der Waals surface area (Å²) in [7, 11) is 0. The summed E-state index contributed by atoms with van der Waals surface area (Å²) in [5, 5.41) is 7.84. The second-order valence-corrected chi connectivity index (χ2v) is 4.66. The molecule has 0 saturated heterocycles. The number of anilines is 1.